The van der Waals surface area contributed by atoms with Crippen LogP contribution in [0, 0.1) is 16.7 Å². The topological polar surface area (TPSA) is 110 Å². The molecule has 0 saturated heterocycles. The third kappa shape index (κ3) is 3.36. The zero-order valence-corrected chi connectivity index (χ0v) is 9.84. The molecule has 6 nitrogen and oxygen atoms in total. The maximum absolute atomic E-state index is 8.67. The molecule has 88 valence electrons. The van der Waals surface area contributed by atoms with E-state index < -0.39 is 0 Å². The van der Waals surface area contributed by atoms with Gasteiger partial charge in [0, 0.05) is 12.1 Å². The highest BCUT2D eigenvalue weighted by Crippen LogP contribution is 2.25. The quantitative estimate of drug-likeness (QED) is 0.370. The molecule has 0 atom stereocenters. The van der Waals surface area contributed by atoms with E-state index in [0.717, 1.165) is 5.69 Å². The van der Waals surface area contributed by atoms with Gasteiger partial charge in [0.1, 0.15) is 6.07 Å². The first-order valence-corrected chi connectivity index (χ1v) is 5.01. The number of hydrazone groups is 1. The van der Waals surface area contributed by atoms with Crippen LogP contribution in [-0.2, 0) is 0 Å². The number of halogens is 1. The van der Waals surface area contributed by atoms with Gasteiger partial charge in [0.15, 0.2) is 5.84 Å². The summed E-state index contributed by atoms with van der Waals surface area (Å²) in [6, 6.07) is 6.80. The van der Waals surface area contributed by atoms with Crippen molar-refractivity contribution in [2.75, 3.05) is 17.8 Å². The van der Waals surface area contributed by atoms with Crippen LogP contribution in [0.15, 0.2) is 23.3 Å². The standard InChI is InChI=1S/C10H11ClN6/c1-15-8-4-6(11)2-3-7(8)16-17-9(5-12)10(13)14/h2-4,15-16H,1H3,(H3,13,14)/b17-9+. The van der Waals surface area contributed by atoms with Crippen molar-refractivity contribution >= 4 is 34.5 Å². The van der Waals surface area contributed by atoms with Gasteiger partial charge in [-0.15, -0.1) is 0 Å². The molecule has 0 spiro atoms. The summed E-state index contributed by atoms with van der Waals surface area (Å²) in [6.45, 7) is 0. The second-order valence-electron chi connectivity index (χ2n) is 3.04. The van der Waals surface area contributed by atoms with Crippen molar-refractivity contribution in [1.29, 1.82) is 10.7 Å². The van der Waals surface area contributed by atoms with Gasteiger partial charge in [0.2, 0.25) is 5.71 Å². The van der Waals surface area contributed by atoms with E-state index in [-0.39, 0.29) is 11.5 Å². The number of nitrogens with one attached hydrogen (secondary N) is 3. The Kier molecular flexibility index (Phi) is 4.31. The molecule has 0 aliphatic heterocycles. The SMILES string of the molecule is CNc1cc(Cl)ccc1N/N=C(\C#N)C(=N)N. The number of nitrogens with zero attached hydrogens (tertiary/aromatic N) is 2. The Bertz CT molecular complexity index is 502. The maximum Gasteiger partial charge on any atom is 0.201 e. The molecule has 0 amide bonds. The molecule has 0 radical (unpaired) electrons. The Labute approximate surface area is 104 Å². The van der Waals surface area contributed by atoms with Crippen molar-refractivity contribution in [3.8, 4) is 6.07 Å². The van der Waals surface area contributed by atoms with Crippen LogP contribution in [0.4, 0.5) is 11.4 Å². The van der Waals surface area contributed by atoms with Crippen LogP contribution >= 0.6 is 11.6 Å². The van der Waals surface area contributed by atoms with Crippen molar-refractivity contribution in [3.63, 3.8) is 0 Å². The number of benzene rings is 1. The van der Waals surface area contributed by atoms with Crippen molar-refractivity contribution < 1.29 is 0 Å². The third-order valence-electron chi connectivity index (χ3n) is 1.90. The maximum atomic E-state index is 8.67. The fourth-order valence-corrected chi connectivity index (χ4v) is 1.25. The molecule has 0 fully saturated rings. The van der Waals surface area contributed by atoms with Gasteiger partial charge in [-0.25, -0.2) is 0 Å². The minimum atomic E-state index is -0.389. The van der Waals surface area contributed by atoms with Crippen LogP contribution in [0.5, 0.6) is 0 Å². The summed E-state index contributed by atoms with van der Waals surface area (Å²) in [5, 5.41) is 23.0. The van der Waals surface area contributed by atoms with Gasteiger partial charge in [-0.05, 0) is 18.2 Å². The molecule has 7 heteroatoms. The van der Waals surface area contributed by atoms with Crippen molar-refractivity contribution in [3.05, 3.63) is 23.2 Å². The van der Waals surface area contributed by atoms with Gasteiger partial charge in [-0.1, -0.05) is 11.6 Å². The number of nitrogens with two attached hydrogens (primary N) is 1. The molecule has 0 saturated carbocycles. The van der Waals surface area contributed by atoms with Gasteiger partial charge >= 0.3 is 0 Å². The molecular weight excluding hydrogens is 240 g/mol. The van der Waals surface area contributed by atoms with Crippen LogP contribution in [0.2, 0.25) is 5.02 Å². The van der Waals surface area contributed by atoms with Crippen molar-refractivity contribution in [1.82, 2.24) is 0 Å². The lowest BCUT2D eigenvalue weighted by Crippen LogP contribution is -2.21. The highest BCUT2D eigenvalue weighted by Gasteiger charge is 2.03. The van der Waals surface area contributed by atoms with Gasteiger partial charge < -0.3 is 11.1 Å². The smallest absolute Gasteiger partial charge is 0.201 e. The van der Waals surface area contributed by atoms with E-state index in [1.165, 1.54) is 0 Å². The number of anilines is 2. The summed E-state index contributed by atoms with van der Waals surface area (Å²) in [5.74, 6) is -0.389. The Morgan fingerprint density at radius 2 is 2.24 bits per heavy atom. The average molecular weight is 251 g/mol. The minimum Gasteiger partial charge on any atom is -0.386 e. The minimum absolute atomic E-state index is 0.179. The van der Waals surface area contributed by atoms with Crippen molar-refractivity contribution in [2.24, 2.45) is 10.8 Å². The van der Waals surface area contributed by atoms with Gasteiger partial charge in [0.25, 0.3) is 0 Å². The zero-order valence-electron chi connectivity index (χ0n) is 9.08. The number of hydrogen-bond donors (Lipinski definition) is 4. The van der Waals surface area contributed by atoms with Gasteiger partial charge in [-0.2, -0.15) is 10.4 Å². The summed E-state index contributed by atoms with van der Waals surface area (Å²) >= 11 is 5.83. The summed E-state index contributed by atoms with van der Waals surface area (Å²) in [4.78, 5) is 0. The van der Waals surface area contributed by atoms with Crippen LogP contribution in [0.25, 0.3) is 0 Å². The monoisotopic (exact) mass is 250 g/mol. The van der Waals surface area contributed by atoms with Crippen LogP contribution < -0.4 is 16.5 Å². The molecule has 0 aliphatic rings. The molecule has 17 heavy (non-hydrogen) atoms. The second-order valence-corrected chi connectivity index (χ2v) is 3.47. The molecule has 1 aromatic rings. The molecule has 0 unspecified atom stereocenters. The lowest BCUT2D eigenvalue weighted by molar-refractivity contribution is 1.32. The largest absolute Gasteiger partial charge is 0.386 e. The van der Waals surface area contributed by atoms with E-state index in [0.29, 0.717) is 10.7 Å². The highest BCUT2D eigenvalue weighted by molar-refractivity contribution is 6.45. The lowest BCUT2D eigenvalue weighted by atomic mass is 10.3. The zero-order chi connectivity index (χ0) is 12.8. The van der Waals surface area contributed by atoms with Crippen LogP contribution in [-0.4, -0.2) is 18.6 Å². The average Bonchev–Trinajstić information content (AvgIpc) is 2.31. The summed E-state index contributed by atoms with van der Waals surface area (Å²) in [7, 11) is 1.73. The normalized spacial score (nSPS) is 10.5. The molecule has 0 bridgehead atoms. The molecule has 0 heterocycles. The van der Waals surface area contributed by atoms with E-state index in [1.54, 1.807) is 31.3 Å². The highest BCUT2D eigenvalue weighted by atomic mass is 35.5. The van der Waals surface area contributed by atoms with E-state index in [9.17, 15) is 0 Å². The summed E-state index contributed by atoms with van der Waals surface area (Å²) in [6.07, 6.45) is 0. The molecule has 1 rings (SSSR count). The fraction of sp³-hybridized carbons (Fsp3) is 0.100. The Morgan fingerprint density at radius 3 is 2.76 bits per heavy atom. The molecular formula is C10H11ClN6. The Balaban J connectivity index is 2.97. The number of rotatable bonds is 4. The summed E-state index contributed by atoms with van der Waals surface area (Å²) < 4.78 is 0. The molecule has 0 aromatic heterocycles. The van der Waals surface area contributed by atoms with E-state index in [4.69, 9.17) is 28.0 Å². The first-order chi connectivity index (χ1) is 8.08. The first kappa shape index (κ1) is 12.8. The second kappa shape index (κ2) is 5.72. The van der Waals surface area contributed by atoms with Crippen LogP contribution in [0.1, 0.15) is 0 Å². The number of amidine groups is 1. The number of hydrogen-bond acceptors (Lipinski definition) is 5. The molecule has 1 aromatic carbocycles. The molecule has 0 aliphatic carbocycles. The van der Waals surface area contributed by atoms with E-state index in [2.05, 4.69) is 15.8 Å². The van der Waals surface area contributed by atoms with Gasteiger partial charge in [-0.3, -0.25) is 10.8 Å². The first-order valence-electron chi connectivity index (χ1n) is 4.64. The van der Waals surface area contributed by atoms with Gasteiger partial charge in [0.05, 0.1) is 11.4 Å². The number of nitriles is 1. The van der Waals surface area contributed by atoms with Crippen molar-refractivity contribution in [2.45, 2.75) is 0 Å². The van der Waals surface area contributed by atoms with E-state index in [1.807, 2.05) is 0 Å². The van der Waals surface area contributed by atoms with Crippen LogP contribution in [0.3, 0.4) is 0 Å². The predicted octanol–water partition coefficient (Wildman–Crippen LogP) is 1.61. The Morgan fingerprint density at radius 1 is 1.53 bits per heavy atom. The lowest BCUT2D eigenvalue weighted by Gasteiger charge is -2.08. The summed E-state index contributed by atoms with van der Waals surface area (Å²) in [5.41, 5.74) is 8.98. The predicted molar refractivity (Wildman–Crippen MR) is 69.6 cm³/mol. The molecule has 5 N–H and O–H groups in total. The third-order valence-corrected chi connectivity index (χ3v) is 2.14. The van der Waals surface area contributed by atoms with E-state index >= 15 is 0 Å². The fourth-order valence-electron chi connectivity index (χ4n) is 1.08. The Hall–Kier alpha value is -2.26.